The number of Topliss-reactive ketones (excluding diaryl/α,β-unsaturated/α-hetero) is 1. The number of allylic oxidation sites excluding steroid dienone is 1. The topological polar surface area (TPSA) is 134 Å². The number of urea groups is 1. The summed E-state index contributed by atoms with van der Waals surface area (Å²) in [6.45, 7) is 21.1. The fourth-order valence-electron chi connectivity index (χ4n) is 13.0. The molecule has 6 rings (SSSR count). The summed E-state index contributed by atoms with van der Waals surface area (Å²) < 4.78 is 6.15. The van der Waals surface area contributed by atoms with E-state index in [0.29, 0.717) is 30.8 Å². The Bertz CT molecular complexity index is 1440. The number of hydrogen-bond donors (Lipinski definition) is 4. The van der Waals surface area contributed by atoms with Gasteiger partial charge >= 0.3 is 18.0 Å². The van der Waals surface area contributed by atoms with Crippen LogP contribution in [0.15, 0.2) is 11.1 Å². The number of ketones is 1. The van der Waals surface area contributed by atoms with E-state index in [1.54, 1.807) is 13.8 Å². The van der Waals surface area contributed by atoms with Crippen LogP contribution in [-0.4, -0.2) is 59.6 Å². The number of esters is 1. The van der Waals surface area contributed by atoms with Gasteiger partial charge in [-0.15, -0.1) is 0 Å². The third-order valence-electron chi connectivity index (χ3n) is 15.8. The number of hydrogen-bond acceptors (Lipinski definition) is 6. The van der Waals surface area contributed by atoms with Gasteiger partial charge in [0.2, 0.25) is 0 Å². The van der Waals surface area contributed by atoms with Crippen LogP contribution in [0.1, 0.15) is 139 Å². The van der Waals surface area contributed by atoms with Crippen molar-refractivity contribution >= 4 is 23.8 Å². The van der Waals surface area contributed by atoms with Gasteiger partial charge in [-0.2, -0.15) is 0 Å². The van der Waals surface area contributed by atoms with Crippen molar-refractivity contribution in [2.75, 3.05) is 13.1 Å². The van der Waals surface area contributed by atoms with Crippen LogP contribution in [0.4, 0.5) is 4.79 Å². The Hall–Kier alpha value is -2.42. The smallest absolute Gasteiger partial charge is 0.315 e. The highest BCUT2D eigenvalue weighted by atomic mass is 16.5. The number of ether oxygens (including phenoxy) is 1. The minimum Gasteiger partial charge on any atom is -0.481 e. The van der Waals surface area contributed by atoms with Crippen molar-refractivity contribution in [1.29, 1.82) is 0 Å². The van der Waals surface area contributed by atoms with Crippen molar-refractivity contribution in [3.63, 3.8) is 0 Å². The van der Waals surface area contributed by atoms with E-state index in [2.05, 4.69) is 64.4 Å². The molecule has 7 unspecified atom stereocenters. The second kappa shape index (κ2) is 12.6. The minimum atomic E-state index is -1.16. The van der Waals surface area contributed by atoms with Crippen molar-refractivity contribution in [2.45, 2.75) is 157 Å². The van der Waals surface area contributed by atoms with E-state index in [0.717, 1.165) is 76.3 Å². The molecule has 0 spiro atoms. The molecule has 0 aromatic heterocycles. The Morgan fingerprint density at radius 2 is 1.66 bits per heavy atom. The highest BCUT2D eigenvalue weighted by Gasteiger charge is 2.70. The molecule has 4 saturated carbocycles. The Balaban J connectivity index is 1.26. The zero-order valence-corrected chi connectivity index (χ0v) is 32.4. The maximum atomic E-state index is 13.9. The van der Waals surface area contributed by atoms with Gasteiger partial charge in [0.15, 0.2) is 5.78 Å². The molecular weight excluding hydrogens is 630 g/mol. The number of carbonyl (C=O) groups excluding carboxylic acids is 3. The molecule has 0 aromatic rings. The van der Waals surface area contributed by atoms with Crippen LogP contribution >= 0.6 is 0 Å². The summed E-state index contributed by atoms with van der Waals surface area (Å²) in [5.74, 6) is -0.00526. The maximum absolute atomic E-state index is 13.9. The maximum Gasteiger partial charge on any atom is 0.315 e. The minimum absolute atomic E-state index is 0.0186. The zero-order chi connectivity index (χ0) is 36.7. The third-order valence-corrected chi connectivity index (χ3v) is 15.8. The largest absolute Gasteiger partial charge is 0.481 e. The summed E-state index contributed by atoms with van der Waals surface area (Å²) in [7, 11) is 0. The molecule has 0 bridgehead atoms. The fourth-order valence-corrected chi connectivity index (χ4v) is 13.0. The number of rotatable bonds is 8. The number of aliphatic carboxylic acids is 1. The first-order valence-corrected chi connectivity index (χ1v) is 19.7. The summed E-state index contributed by atoms with van der Waals surface area (Å²) >= 11 is 0. The average molecular weight is 696 g/mol. The molecule has 50 heavy (non-hydrogen) atoms. The fraction of sp³-hybridized carbons (Fsp3) is 0.854. The van der Waals surface area contributed by atoms with Crippen molar-refractivity contribution in [3.8, 4) is 0 Å². The quantitative estimate of drug-likeness (QED) is 0.198. The summed E-state index contributed by atoms with van der Waals surface area (Å²) in [5.41, 5.74) is 0.289. The number of amides is 2. The predicted molar refractivity (Wildman–Crippen MR) is 193 cm³/mol. The predicted octanol–water partition coefficient (Wildman–Crippen LogP) is 7.18. The Kier molecular flexibility index (Phi) is 9.42. The number of fused-ring (bicyclic) bond motifs is 7. The molecule has 4 N–H and O–H groups in total. The van der Waals surface area contributed by atoms with Gasteiger partial charge in [0.1, 0.15) is 6.10 Å². The standard InChI is InChI=1S/C41H65N3O6/c1-24(2)32-27(45)21-41(44-35(49)43-23-25-11-10-20-42-25)19-18-39(8)26(33(32)41)12-13-29-38(7)16-15-30(50-31(46)22-36(3,4)34(47)48)37(5,6)28(38)14-17-40(29,39)9/h24-26,28-30,42H,10-23H2,1-9H3,(H,47,48)(H2,43,44,49)/t25?,26?,28?,29?,30?,38-,39+,40?,41?/m0/s1. The van der Waals surface area contributed by atoms with Crippen LogP contribution in [0.5, 0.6) is 0 Å². The molecule has 2 amide bonds. The molecule has 5 aliphatic carbocycles. The molecule has 280 valence electrons. The summed E-state index contributed by atoms with van der Waals surface area (Å²) in [6, 6.07) is 0.152. The van der Waals surface area contributed by atoms with Gasteiger partial charge in [0.05, 0.1) is 17.4 Å². The van der Waals surface area contributed by atoms with Crippen LogP contribution in [0.3, 0.4) is 0 Å². The van der Waals surface area contributed by atoms with E-state index < -0.39 is 22.9 Å². The molecule has 0 aromatic carbocycles. The van der Waals surface area contributed by atoms with E-state index in [4.69, 9.17) is 4.74 Å². The van der Waals surface area contributed by atoms with Crippen molar-refractivity contribution < 1.29 is 29.0 Å². The number of nitrogens with one attached hydrogen (secondary N) is 3. The first kappa shape index (κ1) is 37.3. The second-order valence-electron chi connectivity index (χ2n) is 19.6. The lowest BCUT2D eigenvalue weighted by Gasteiger charge is -2.72. The summed E-state index contributed by atoms with van der Waals surface area (Å²) in [6.07, 6.45) is 9.92. The van der Waals surface area contributed by atoms with Gasteiger partial charge in [0.25, 0.3) is 0 Å². The van der Waals surface area contributed by atoms with Crippen molar-refractivity contribution in [3.05, 3.63) is 11.1 Å². The Morgan fingerprint density at radius 3 is 2.30 bits per heavy atom. The van der Waals surface area contributed by atoms with Gasteiger partial charge in [-0.05, 0) is 136 Å². The lowest BCUT2D eigenvalue weighted by atomic mass is 9.33. The van der Waals surface area contributed by atoms with Crippen LogP contribution in [0.2, 0.25) is 0 Å². The molecule has 1 aliphatic heterocycles. The zero-order valence-electron chi connectivity index (χ0n) is 32.4. The summed E-state index contributed by atoms with van der Waals surface area (Å²) in [5, 5.41) is 19.6. The molecule has 6 aliphatic rings. The first-order chi connectivity index (χ1) is 23.2. The monoisotopic (exact) mass is 695 g/mol. The van der Waals surface area contributed by atoms with Crippen LogP contribution in [0, 0.1) is 50.7 Å². The normalized spacial score (nSPS) is 40.8. The highest BCUT2D eigenvalue weighted by Crippen LogP contribution is 2.76. The Labute approximate surface area is 300 Å². The van der Waals surface area contributed by atoms with Gasteiger partial charge in [-0.1, -0.05) is 48.5 Å². The second-order valence-corrected chi connectivity index (χ2v) is 19.6. The van der Waals surface area contributed by atoms with Crippen LogP contribution < -0.4 is 16.0 Å². The molecule has 1 heterocycles. The van der Waals surface area contributed by atoms with E-state index in [1.807, 2.05) is 0 Å². The van der Waals surface area contributed by atoms with E-state index >= 15 is 0 Å². The van der Waals surface area contributed by atoms with E-state index in [1.165, 1.54) is 5.57 Å². The van der Waals surface area contributed by atoms with Crippen LogP contribution in [-0.2, 0) is 19.1 Å². The number of carboxylic acid groups (broad SMARTS) is 1. The van der Waals surface area contributed by atoms with Gasteiger partial charge in [-0.3, -0.25) is 14.4 Å². The highest BCUT2D eigenvalue weighted by molar-refractivity contribution is 6.02. The van der Waals surface area contributed by atoms with Gasteiger partial charge in [-0.25, -0.2) is 4.79 Å². The lowest BCUT2D eigenvalue weighted by Crippen LogP contribution is -2.67. The van der Waals surface area contributed by atoms with Gasteiger partial charge < -0.3 is 25.8 Å². The van der Waals surface area contributed by atoms with Crippen LogP contribution in [0.25, 0.3) is 0 Å². The van der Waals surface area contributed by atoms with Gasteiger partial charge in [0, 0.05) is 24.4 Å². The molecule has 9 nitrogen and oxygen atoms in total. The average Bonchev–Trinajstić information content (AvgIpc) is 3.63. The van der Waals surface area contributed by atoms with E-state index in [-0.39, 0.29) is 57.8 Å². The molecule has 9 atom stereocenters. The summed E-state index contributed by atoms with van der Waals surface area (Å²) in [4.78, 5) is 52.2. The lowest BCUT2D eigenvalue weighted by molar-refractivity contribution is -0.232. The number of carbonyl (C=O) groups is 4. The SMILES string of the molecule is CC(C)C1=C2C3CCC4C(C)(CCC5C(C)(C)C(OC(=O)CC(C)(C)C(=O)O)CC[C@@]54C)[C@]3(C)CCC2(NC(=O)NCC2CCCN2)CC1=O. The molecular formula is C41H65N3O6. The molecule has 9 heteroatoms. The van der Waals surface area contributed by atoms with Crippen molar-refractivity contribution in [1.82, 2.24) is 16.0 Å². The van der Waals surface area contributed by atoms with Crippen molar-refractivity contribution in [2.24, 2.45) is 50.7 Å². The first-order valence-electron chi connectivity index (χ1n) is 19.7. The third kappa shape index (κ3) is 5.74. The van der Waals surface area contributed by atoms with E-state index in [9.17, 15) is 24.3 Å². The number of carboxylic acids is 1. The molecule has 1 saturated heterocycles. The Morgan fingerprint density at radius 1 is 0.940 bits per heavy atom. The molecule has 5 fully saturated rings. The molecule has 0 radical (unpaired) electrons.